The van der Waals surface area contributed by atoms with E-state index in [1.54, 1.807) is 36.9 Å². The van der Waals surface area contributed by atoms with E-state index in [1.807, 2.05) is 25.1 Å². The lowest BCUT2D eigenvalue weighted by Crippen LogP contribution is -2.23. The molecule has 0 spiro atoms. The van der Waals surface area contributed by atoms with E-state index in [2.05, 4.69) is 32.5 Å². The molecule has 4 nitrogen and oxygen atoms in total. The maximum atomic E-state index is 5.50. The van der Waals surface area contributed by atoms with Gasteiger partial charge in [-0.2, -0.15) is 11.3 Å². The molecule has 1 atom stereocenters. The number of thiophene rings is 1. The molecule has 0 saturated carbocycles. The molecule has 0 saturated heterocycles. The first-order chi connectivity index (χ1) is 12.2. The van der Waals surface area contributed by atoms with E-state index in [1.165, 1.54) is 5.56 Å². The molecule has 6 heteroatoms. The summed E-state index contributed by atoms with van der Waals surface area (Å²) in [6, 6.07) is 8.27. The van der Waals surface area contributed by atoms with Crippen LogP contribution in [0, 0.1) is 6.92 Å². The molecule has 25 heavy (non-hydrogen) atoms. The van der Waals surface area contributed by atoms with Gasteiger partial charge in [0.05, 0.1) is 20.3 Å². The van der Waals surface area contributed by atoms with Crippen molar-refractivity contribution in [2.45, 2.75) is 25.9 Å². The molecule has 0 bridgehead atoms. The van der Waals surface area contributed by atoms with Crippen LogP contribution in [-0.4, -0.2) is 19.2 Å². The molecule has 0 aliphatic carbocycles. The summed E-state index contributed by atoms with van der Waals surface area (Å²) in [7, 11) is 3.35. The number of aromatic nitrogens is 1. The Morgan fingerprint density at radius 1 is 1.16 bits per heavy atom. The maximum Gasteiger partial charge on any atom is 0.127 e. The van der Waals surface area contributed by atoms with Gasteiger partial charge in [0, 0.05) is 29.2 Å². The summed E-state index contributed by atoms with van der Waals surface area (Å²) in [4.78, 5) is 4.68. The molecule has 3 rings (SSSR count). The molecule has 3 aromatic rings. The van der Waals surface area contributed by atoms with Gasteiger partial charge in [0.25, 0.3) is 0 Å². The average molecular weight is 375 g/mol. The van der Waals surface area contributed by atoms with Gasteiger partial charge in [0.2, 0.25) is 0 Å². The summed E-state index contributed by atoms with van der Waals surface area (Å²) >= 11 is 3.44. The molecule has 0 amide bonds. The fourth-order valence-corrected chi connectivity index (χ4v) is 4.21. The van der Waals surface area contributed by atoms with Crippen LogP contribution in [0.5, 0.6) is 11.5 Å². The second-order valence-corrected chi connectivity index (χ2v) is 7.44. The van der Waals surface area contributed by atoms with Gasteiger partial charge < -0.3 is 14.8 Å². The lowest BCUT2D eigenvalue weighted by molar-refractivity contribution is 0.388. The number of hydrogen-bond donors (Lipinski definition) is 1. The van der Waals surface area contributed by atoms with Crippen LogP contribution in [0.2, 0.25) is 0 Å². The molecule has 0 radical (unpaired) electrons. The Kier molecular flexibility index (Phi) is 6.07. The SMILES string of the molecule is COc1ccc(CN[C@@H](Cc2ccsc2)c2nc(C)cs2)c(OC)c1. The van der Waals surface area contributed by atoms with Crippen LogP contribution in [0.4, 0.5) is 0 Å². The zero-order chi connectivity index (χ0) is 17.6. The van der Waals surface area contributed by atoms with Gasteiger partial charge in [-0.05, 0) is 41.8 Å². The highest BCUT2D eigenvalue weighted by molar-refractivity contribution is 7.09. The van der Waals surface area contributed by atoms with E-state index >= 15 is 0 Å². The molecule has 2 aromatic heterocycles. The summed E-state index contributed by atoms with van der Waals surface area (Å²) < 4.78 is 10.8. The highest BCUT2D eigenvalue weighted by atomic mass is 32.1. The number of benzene rings is 1. The van der Waals surface area contributed by atoms with Gasteiger partial charge in [-0.25, -0.2) is 4.98 Å². The van der Waals surface area contributed by atoms with Crippen molar-refractivity contribution in [1.29, 1.82) is 0 Å². The first kappa shape index (κ1) is 17.9. The molecule has 1 aromatic carbocycles. The van der Waals surface area contributed by atoms with Gasteiger partial charge in [-0.1, -0.05) is 6.07 Å². The molecular weight excluding hydrogens is 352 g/mol. The normalized spacial score (nSPS) is 12.1. The minimum absolute atomic E-state index is 0.181. The van der Waals surface area contributed by atoms with E-state index in [4.69, 9.17) is 9.47 Å². The third kappa shape index (κ3) is 4.60. The van der Waals surface area contributed by atoms with Crippen LogP contribution >= 0.6 is 22.7 Å². The molecule has 0 fully saturated rings. The molecule has 0 unspecified atom stereocenters. The maximum absolute atomic E-state index is 5.50. The van der Waals surface area contributed by atoms with E-state index in [9.17, 15) is 0 Å². The zero-order valence-corrected chi connectivity index (χ0v) is 16.2. The molecule has 0 aliphatic rings. The van der Waals surface area contributed by atoms with Crippen molar-refractivity contribution in [3.8, 4) is 11.5 Å². The molecule has 1 N–H and O–H groups in total. The number of rotatable bonds is 8. The smallest absolute Gasteiger partial charge is 0.127 e. The number of nitrogens with one attached hydrogen (secondary N) is 1. The second-order valence-electron chi connectivity index (χ2n) is 5.77. The Hall–Kier alpha value is -1.89. The minimum Gasteiger partial charge on any atom is -0.497 e. The summed E-state index contributed by atoms with van der Waals surface area (Å²) in [5.41, 5.74) is 3.50. The van der Waals surface area contributed by atoms with Crippen molar-refractivity contribution < 1.29 is 9.47 Å². The van der Waals surface area contributed by atoms with Gasteiger partial charge >= 0.3 is 0 Å². The first-order valence-electron chi connectivity index (χ1n) is 8.07. The highest BCUT2D eigenvalue weighted by Crippen LogP contribution is 2.27. The quantitative estimate of drug-likeness (QED) is 0.626. The number of ether oxygens (including phenoxy) is 2. The first-order valence-corrected chi connectivity index (χ1v) is 9.89. The van der Waals surface area contributed by atoms with Crippen molar-refractivity contribution in [3.63, 3.8) is 0 Å². The Morgan fingerprint density at radius 2 is 2.04 bits per heavy atom. The largest absolute Gasteiger partial charge is 0.497 e. The van der Waals surface area contributed by atoms with Gasteiger partial charge in [-0.3, -0.25) is 0 Å². The highest BCUT2D eigenvalue weighted by Gasteiger charge is 2.17. The Labute approximate surface area is 156 Å². The number of methoxy groups -OCH3 is 2. The number of nitrogens with zero attached hydrogens (tertiary/aromatic N) is 1. The monoisotopic (exact) mass is 374 g/mol. The van der Waals surface area contributed by atoms with Crippen molar-refractivity contribution in [3.05, 3.63) is 62.2 Å². The van der Waals surface area contributed by atoms with Crippen molar-refractivity contribution >= 4 is 22.7 Å². The number of thiazole rings is 1. The van der Waals surface area contributed by atoms with Crippen LogP contribution in [0.1, 0.15) is 27.9 Å². The number of hydrogen-bond acceptors (Lipinski definition) is 6. The lowest BCUT2D eigenvalue weighted by Gasteiger charge is -2.18. The van der Waals surface area contributed by atoms with E-state index in [0.29, 0.717) is 6.54 Å². The van der Waals surface area contributed by atoms with Crippen LogP contribution in [0.3, 0.4) is 0 Å². The van der Waals surface area contributed by atoms with Crippen molar-refractivity contribution in [2.24, 2.45) is 0 Å². The Bertz CT molecular complexity index is 800. The minimum atomic E-state index is 0.181. The van der Waals surface area contributed by atoms with Crippen LogP contribution in [0.25, 0.3) is 0 Å². The zero-order valence-electron chi connectivity index (χ0n) is 14.6. The Balaban J connectivity index is 1.76. The Morgan fingerprint density at radius 3 is 2.68 bits per heavy atom. The third-order valence-corrected chi connectivity index (χ3v) is 5.80. The van der Waals surface area contributed by atoms with E-state index in [-0.39, 0.29) is 6.04 Å². The van der Waals surface area contributed by atoms with Crippen LogP contribution < -0.4 is 14.8 Å². The fourth-order valence-electron chi connectivity index (χ4n) is 2.65. The molecule has 2 heterocycles. The summed E-state index contributed by atoms with van der Waals surface area (Å²) in [6.45, 7) is 2.74. The predicted molar refractivity (Wildman–Crippen MR) is 104 cm³/mol. The van der Waals surface area contributed by atoms with Gasteiger partial charge in [0.15, 0.2) is 0 Å². The van der Waals surface area contributed by atoms with E-state index < -0.39 is 0 Å². The molecular formula is C19H22N2O2S2. The summed E-state index contributed by atoms with van der Waals surface area (Å²) in [6.07, 6.45) is 0.926. The van der Waals surface area contributed by atoms with Crippen molar-refractivity contribution in [2.75, 3.05) is 14.2 Å². The van der Waals surface area contributed by atoms with Gasteiger partial charge in [-0.15, -0.1) is 11.3 Å². The summed E-state index contributed by atoms with van der Waals surface area (Å²) in [5.74, 6) is 1.63. The van der Waals surface area contributed by atoms with E-state index in [0.717, 1.165) is 34.2 Å². The van der Waals surface area contributed by atoms with Gasteiger partial charge in [0.1, 0.15) is 16.5 Å². The molecule has 0 aliphatic heterocycles. The topological polar surface area (TPSA) is 43.4 Å². The molecule has 132 valence electrons. The van der Waals surface area contributed by atoms with Crippen LogP contribution in [0.15, 0.2) is 40.4 Å². The number of aryl methyl sites for hydroxylation is 1. The standard InChI is InChI=1S/C19H22N2O2S2/c1-13-11-25-19(21-13)17(8-14-6-7-24-12-14)20-10-15-4-5-16(22-2)9-18(15)23-3/h4-7,9,11-12,17,20H,8,10H2,1-3H3/t17-/m0/s1. The second kappa shape index (κ2) is 8.47. The third-order valence-electron chi connectivity index (χ3n) is 3.99. The fraction of sp³-hybridized carbons (Fsp3) is 0.316. The van der Waals surface area contributed by atoms with Crippen molar-refractivity contribution in [1.82, 2.24) is 10.3 Å². The van der Waals surface area contributed by atoms with Crippen LogP contribution in [-0.2, 0) is 13.0 Å². The summed E-state index contributed by atoms with van der Waals surface area (Å²) in [5, 5.41) is 11.2. The lowest BCUT2D eigenvalue weighted by atomic mass is 10.1. The average Bonchev–Trinajstić information content (AvgIpc) is 3.30. The predicted octanol–water partition coefficient (Wildman–Crippen LogP) is 4.60.